The second kappa shape index (κ2) is 3.49. The van der Waals surface area contributed by atoms with E-state index in [-0.39, 0.29) is 4.75 Å². The molecule has 1 fully saturated rings. The molecule has 0 aromatic carbocycles. The molecule has 1 aliphatic heterocycles. The summed E-state index contributed by atoms with van der Waals surface area (Å²) in [6.45, 7) is 5.92. The molecule has 0 radical (unpaired) electrons. The highest BCUT2D eigenvalue weighted by atomic mass is 32.2. The molecule has 5 heteroatoms. The molecular weight excluding hydrogens is 210 g/mol. The van der Waals surface area contributed by atoms with E-state index in [4.69, 9.17) is 10.3 Å². The maximum atomic E-state index is 5.92. The van der Waals surface area contributed by atoms with Gasteiger partial charge in [-0.2, -0.15) is 4.98 Å². The number of nitrogens with two attached hydrogens (primary N) is 1. The molecule has 15 heavy (non-hydrogen) atoms. The summed E-state index contributed by atoms with van der Waals surface area (Å²) in [5.74, 6) is 2.48. The van der Waals surface area contributed by atoms with Crippen LogP contribution in [0, 0.1) is 0 Å². The number of hydrogen-bond acceptors (Lipinski definition) is 5. The molecule has 2 rings (SSSR count). The van der Waals surface area contributed by atoms with E-state index in [9.17, 15) is 0 Å². The summed E-state index contributed by atoms with van der Waals surface area (Å²) in [6.07, 6.45) is 2.31. The SMILES string of the molecule is CC(C)(N)c1noc(C2(C)CCCS2)n1. The molecule has 2 N–H and O–H groups in total. The van der Waals surface area contributed by atoms with Gasteiger partial charge in [-0.1, -0.05) is 5.16 Å². The quantitative estimate of drug-likeness (QED) is 0.837. The highest BCUT2D eigenvalue weighted by molar-refractivity contribution is 8.00. The van der Waals surface area contributed by atoms with Crippen molar-refractivity contribution in [1.82, 2.24) is 10.1 Å². The normalized spacial score (nSPS) is 27.2. The molecule has 1 aromatic heterocycles. The summed E-state index contributed by atoms with van der Waals surface area (Å²) in [6, 6.07) is 0. The number of rotatable bonds is 2. The van der Waals surface area contributed by atoms with Crippen molar-refractivity contribution in [3.05, 3.63) is 11.7 Å². The van der Waals surface area contributed by atoms with Crippen LogP contribution in [0.25, 0.3) is 0 Å². The van der Waals surface area contributed by atoms with Gasteiger partial charge in [-0.15, -0.1) is 11.8 Å². The summed E-state index contributed by atoms with van der Waals surface area (Å²) in [5, 5.41) is 3.95. The van der Waals surface area contributed by atoms with Gasteiger partial charge in [0.2, 0.25) is 5.89 Å². The summed E-state index contributed by atoms with van der Waals surface area (Å²) in [7, 11) is 0. The zero-order valence-electron chi connectivity index (χ0n) is 9.41. The van der Waals surface area contributed by atoms with E-state index in [1.807, 2.05) is 25.6 Å². The summed E-state index contributed by atoms with van der Waals surface area (Å²) < 4.78 is 5.31. The predicted octanol–water partition coefficient (Wildman–Crippen LogP) is 2.01. The van der Waals surface area contributed by atoms with Gasteiger partial charge in [0.05, 0.1) is 10.3 Å². The standard InChI is InChI=1S/C10H17N3OS/c1-9(2,11)7-12-8(14-13-7)10(3)5-4-6-15-10/h4-6,11H2,1-3H3. The third-order valence-electron chi connectivity index (χ3n) is 2.67. The van der Waals surface area contributed by atoms with Gasteiger partial charge in [0.25, 0.3) is 0 Å². The molecule has 4 nitrogen and oxygen atoms in total. The Labute approximate surface area is 94.0 Å². The maximum Gasteiger partial charge on any atom is 0.242 e. The van der Waals surface area contributed by atoms with Crippen molar-refractivity contribution in [2.45, 2.75) is 43.9 Å². The van der Waals surface area contributed by atoms with Gasteiger partial charge in [-0.3, -0.25) is 0 Å². The molecule has 1 aliphatic rings. The summed E-state index contributed by atoms with van der Waals surface area (Å²) in [5.41, 5.74) is 5.39. The molecule has 84 valence electrons. The van der Waals surface area contributed by atoms with E-state index in [0.29, 0.717) is 5.82 Å². The maximum absolute atomic E-state index is 5.92. The third-order valence-corrected chi connectivity index (χ3v) is 4.18. The first-order valence-electron chi connectivity index (χ1n) is 5.19. The Bertz CT molecular complexity index is 350. The van der Waals surface area contributed by atoms with Crippen molar-refractivity contribution in [3.63, 3.8) is 0 Å². The molecule has 0 spiro atoms. The van der Waals surface area contributed by atoms with E-state index in [2.05, 4.69) is 17.1 Å². The lowest BCUT2D eigenvalue weighted by Gasteiger charge is -2.16. The van der Waals surface area contributed by atoms with Crippen molar-refractivity contribution >= 4 is 11.8 Å². The number of thioether (sulfide) groups is 1. The van der Waals surface area contributed by atoms with E-state index >= 15 is 0 Å². The van der Waals surface area contributed by atoms with Crippen molar-refractivity contribution in [1.29, 1.82) is 0 Å². The third kappa shape index (κ3) is 2.03. The monoisotopic (exact) mass is 227 g/mol. The zero-order chi connectivity index (χ0) is 11.1. The highest BCUT2D eigenvalue weighted by Crippen LogP contribution is 2.45. The molecule has 2 heterocycles. The van der Waals surface area contributed by atoms with Crippen LogP contribution >= 0.6 is 11.8 Å². The smallest absolute Gasteiger partial charge is 0.242 e. The minimum absolute atomic E-state index is 0.00347. The van der Waals surface area contributed by atoms with Crippen LogP contribution in [0.1, 0.15) is 45.3 Å². The number of nitrogens with zero attached hydrogens (tertiary/aromatic N) is 2. The van der Waals surface area contributed by atoms with E-state index in [0.717, 1.165) is 12.3 Å². The van der Waals surface area contributed by atoms with Crippen LogP contribution in [0.2, 0.25) is 0 Å². The van der Waals surface area contributed by atoms with E-state index in [1.165, 1.54) is 12.2 Å². The Morgan fingerprint density at radius 3 is 2.73 bits per heavy atom. The molecule has 0 amide bonds. The van der Waals surface area contributed by atoms with E-state index < -0.39 is 5.54 Å². The van der Waals surface area contributed by atoms with Gasteiger partial charge in [0.1, 0.15) is 0 Å². The first-order valence-corrected chi connectivity index (χ1v) is 6.18. The Balaban J connectivity index is 2.27. The van der Waals surface area contributed by atoms with Gasteiger partial charge in [0, 0.05) is 0 Å². The first kappa shape index (κ1) is 11.0. The lowest BCUT2D eigenvalue weighted by atomic mass is 10.1. The van der Waals surface area contributed by atoms with Crippen molar-refractivity contribution in [2.75, 3.05) is 5.75 Å². The Morgan fingerprint density at radius 2 is 2.27 bits per heavy atom. The molecule has 1 aromatic rings. The summed E-state index contributed by atoms with van der Waals surface area (Å²) in [4.78, 5) is 4.41. The minimum atomic E-state index is -0.526. The van der Waals surface area contributed by atoms with Crippen molar-refractivity contribution in [2.24, 2.45) is 5.73 Å². The van der Waals surface area contributed by atoms with Crippen LogP contribution in [0.5, 0.6) is 0 Å². The Kier molecular flexibility index (Phi) is 2.55. The zero-order valence-corrected chi connectivity index (χ0v) is 10.2. The van der Waals surface area contributed by atoms with Gasteiger partial charge < -0.3 is 10.3 Å². The first-order chi connectivity index (χ1) is 6.92. The lowest BCUT2D eigenvalue weighted by Crippen LogP contribution is -2.30. The van der Waals surface area contributed by atoms with Crippen LogP contribution in [0.4, 0.5) is 0 Å². The van der Waals surface area contributed by atoms with Gasteiger partial charge in [-0.25, -0.2) is 0 Å². The minimum Gasteiger partial charge on any atom is -0.338 e. The number of hydrogen-bond donors (Lipinski definition) is 1. The summed E-state index contributed by atoms with van der Waals surface area (Å²) >= 11 is 1.88. The fourth-order valence-electron chi connectivity index (χ4n) is 1.65. The van der Waals surface area contributed by atoms with Gasteiger partial charge in [0.15, 0.2) is 5.82 Å². The van der Waals surface area contributed by atoms with Crippen LogP contribution < -0.4 is 5.73 Å². The van der Waals surface area contributed by atoms with Crippen LogP contribution in [0.15, 0.2) is 4.52 Å². The molecule has 1 atom stereocenters. The second-order valence-electron chi connectivity index (χ2n) is 4.83. The molecule has 0 bridgehead atoms. The highest BCUT2D eigenvalue weighted by Gasteiger charge is 2.38. The van der Waals surface area contributed by atoms with Crippen LogP contribution in [-0.4, -0.2) is 15.9 Å². The van der Waals surface area contributed by atoms with Crippen LogP contribution in [0.3, 0.4) is 0 Å². The second-order valence-corrected chi connectivity index (χ2v) is 6.43. The molecular formula is C10H17N3OS. The van der Waals surface area contributed by atoms with E-state index in [1.54, 1.807) is 0 Å². The van der Waals surface area contributed by atoms with Crippen molar-refractivity contribution < 1.29 is 4.52 Å². The largest absolute Gasteiger partial charge is 0.338 e. The molecule has 0 aliphatic carbocycles. The van der Waals surface area contributed by atoms with Crippen LogP contribution in [-0.2, 0) is 10.3 Å². The lowest BCUT2D eigenvalue weighted by molar-refractivity contribution is 0.333. The van der Waals surface area contributed by atoms with Gasteiger partial charge in [-0.05, 0) is 39.4 Å². The fourth-order valence-corrected chi connectivity index (χ4v) is 2.88. The van der Waals surface area contributed by atoms with Crippen molar-refractivity contribution in [3.8, 4) is 0 Å². The number of aromatic nitrogens is 2. The molecule has 1 unspecified atom stereocenters. The average Bonchev–Trinajstić information content (AvgIpc) is 2.69. The topological polar surface area (TPSA) is 64.9 Å². The molecule has 0 saturated carbocycles. The Hall–Kier alpha value is -0.550. The van der Waals surface area contributed by atoms with Gasteiger partial charge >= 0.3 is 0 Å². The predicted molar refractivity (Wildman–Crippen MR) is 60.6 cm³/mol. The molecule has 1 saturated heterocycles. The fraction of sp³-hybridized carbons (Fsp3) is 0.800. The average molecular weight is 227 g/mol. The Morgan fingerprint density at radius 1 is 1.53 bits per heavy atom.